The largest absolute Gasteiger partial charge is 0.494 e. The lowest BCUT2D eigenvalue weighted by Gasteiger charge is -2.37. The SMILES string of the molecule is COc1cccc(C2(O)CCN(C)CC2)c1F. The molecule has 1 saturated heterocycles. The summed E-state index contributed by atoms with van der Waals surface area (Å²) in [4.78, 5) is 2.13. The number of hydrogen-bond donors (Lipinski definition) is 1. The zero-order valence-corrected chi connectivity index (χ0v) is 10.2. The van der Waals surface area contributed by atoms with Gasteiger partial charge in [-0.1, -0.05) is 12.1 Å². The van der Waals surface area contributed by atoms with Gasteiger partial charge in [0.25, 0.3) is 0 Å². The van der Waals surface area contributed by atoms with Crippen LogP contribution < -0.4 is 4.74 Å². The second-order valence-corrected chi connectivity index (χ2v) is 4.66. The Balaban J connectivity index is 2.33. The van der Waals surface area contributed by atoms with Crippen LogP contribution in [0.4, 0.5) is 4.39 Å². The van der Waals surface area contributed by atoms with Gasteiger partial charge in [0.1, 0.15) is 0 Å². The molecule has 1 fully saturated rings. The van der Waals surface area contributed by atoms with Crippen molar-refractivity contribution in [2.24, 2.45) is 0 Å². The molecule has 1 N–H and O–H groups in total. The topological polar surface area (TPSA) is 32.7 Å². The van der Waals surface area contributed by atoms with Crippen LogP contribution in [-0.4, -0.2) is 37.3 Å². The minimum atomic E-state index is -1.06. The van der Waals surface area contributed by atoms with E-state index < -0.39 is 11.4 Å². The minimum Gasteiger partial charge on any atom is -0.494 e. The summed E-state index contributed by atoms with van der Waals surface area (Å²) in [6.07, 6.45) is 1.10. The van der Waals surface area contributed by atoms with Crippen molar-refractivity contribution in [3.05, 3.63) is 29.6 Å². The number of nitrogens with zero attached hydrogens (tertiary/aromatic N) is 1. The monoisotopic (exact) mass is 239 g/mol. The third kappa shape index (κ3) is 2.28. The number of ether oxygens (including phenoxy) is 1. The van der Waals surface area contributed by atoms with Crippen molar-refractivity contribution >= 4 is 0 Å². The maximum Gasteiger partial charge on any atom is 0.171 e. The number of piperidine rings is 1. The number of halogens is 1. The first-order valence-corrected chi connectivity index (χ1v) is 5.81. The van der Waals surface area contributed by atoms with Crippen molar-refractivity contribution in [3.63, 3.8) is 0 Å². The summed E-state index contributed by atoms with van der Waals surface area (Å²) >= 11 is 0. The van der Waals surface area contributed by atoms with E-state index in [1.807, 2.05) is 7.05 Å². The highest BCUT2D eigenvalue weighted by molar-refractivity contribution is 5.35. The van der Waals surface area contributed by atoms with Crippen LogP contribution in [0.15, 0.2) is 18.2 Å². The van der Waals surface area contributed by atoms with Crippen molar-refractivity contribution in [2.45, 2.75) is 18.4 Å². The number of benzene rings is 1. The molecular formula is C13H18FNO2. The van der Waals surface area contributed by atoms with E-state index in [0.717, 1.165) is 13.1 Å². The molecule has 3 nitrogen and oxygen atoms in total. The highest BCUT2D eigenvalue weighted by atomic mass is 19.1. The van der Waals surface area contributed by atoms with Crippen LogP contribution in [0.1, 0.15) is 18.4 Å². The fraction of sp³-hybridized carbons (Fsp3) is 0.538. The van der Waals surface area contributed by atoms with Gasteiger partial charge in [0.15, 0.2) is 11.6 Å². The molecule has 94 valence electrons. The van der Waals surface area contributed by atoms with Crippen molar-refractivity contribution in [1.29, 1.82) is 0 Å². The number of likely N-dealkylation sites (tertiary alicyclic amines) is 1. The van der Waals surface area contributed by atoms with Crippen molar-refractivity contribution in [1.82, 2.24) is 4.90 Å². The predicted octanol–water partition coefficient (Wildman–Crippen LogP) is 1.75. The lowest BCUT2D eigenvalue weighted by Crippen LogP contribution is -2.41. The molecule has 1 aromatic carbocycles. The highest BCUT2D eigenvalue weighted by Gasteiger charge is 2.35. The van der Waals surface area contributed by atoms with Crippen LogP contribution in [0.25, 0.3) is 0 Å². The van der Waals surface area contributed by atoms with Gasteiger partial charge in [-0.3, -0.25) is 0 Å². The first-order chi connectivity index (χ1) is 8.07. The Hall–Kier alpha value is -1.13. The summed E-state index contributed by atoms with van der Waals surface area (Å²) in [6.45, 7) is 1.54. The molecule has 1 heterocycles. The third-order valence-electron chi connectivity index (χ3n) is 3.50. The van der Waals surface area contributed by atoms with Gasteiger partial charge in [-0.25, -0.2) is 4.39 Å². The molecule has 0 atom stereocenters. The predicted molar refractivity (Wildman–Crippen MR) is 63.6 cm³/mol. The average molecular weight is 239 g/mol. The van der Waals surface area contributed by atoms with E-state index >= 15 is 0 Å². The summed E-state index contributed by atoms with van der Waals surface area (Å²) in [5, 5.41) is 10.5. The summed E-state index contributed by atoms with van der Waals surface area (Å²) in [6, 6.07) is 4.92. The normalized spacial score (nSPS) is 20.2. The Morgan fingerprint density at radius 2 is 2.00 bits per heavy atom. The molecule has 17 heavy (non-hydrogen) atoms. The van der Waals surface area contributed by atoms with Crippen molar-refractivity contribution in [3.8, 4) is 5.75 Å². The van der Waals surface area contributed by atoms with Gasteiger partial charge in [-0.15, -0.1) is 0 Å². The number of methoxy groups -OCH3 is 1. The lowest BCUT2D eigenvalue weighted by atomic mass is 9.84. The molecule has 1 aromatic rings. The number of aliphatic hydroxyl groups is 1. The van der Waals surface area contributed by atoms with Gasteiger partial charge < -0.3 is 14.7 Å². The third-order valence-corrected chi connectivity index (χ3v) is 3.50. The Morgan fingerprint density at radius 3 is 2.59 bits per heavy atom. The summed E-state index contributed by atoms with van der Waals surface area (Å²) in [5.74, 6) is -0.253. The molecule has 0 aliphatic carbocycles. The van der Waals surface area contributed by atoms with Gasteiger partial charge >= 0.3 is 0 Å². The van der Waals surface area contributed by atoms with Gasteiger partial charge in [0.2, 0.25) is 0 Å². The van der Waals surface area contributed by atoms with E-state index in [4.69, 9.17) is 4.74 Å². The molecule has 0 aromatic heterocycles. The van der Waals surface area contributed by atoms with Gasteiger partial charge in [-0.2, -0.15) is 0 Å². The van der Waals surface area contributed by atoms with Crippen LogP contribution in [-0.2, 0) is 5.60 Å². The fourth-order valence-electron chi connectivity index (χ4n) is 2.29. The second kappa shape index (κ2) is 4.63. The Bertz CT molecular complexity index is 400. The molecular weight excluding hydrogens is 221 g/mol. The Kier molecular flexibility index (Phi) is 3.35. The highest BCUT2D eigenvalue weighted by Crippen LogP contribution is 2.36. The van der Waals surface area contributed by atoms with Crippen LogP contribution in [0.5, 0.6) is 5.75 Å². The zero-order valence-electron chi connectivity index (χ0n) is 10.2. The van der Waals surface area contributed by atoms with Gasteiger partial charge in [0, 0.05) is 18.7 Å². The smallest absolute Gasteiger partial charge is 0.171 e. The maximum absolute atomic E-state index is 14.1. The second-order valence-electron chi connectivity index (χ2n) is 4.66. The van der Waals surface area contributed by atoms with E-state index in [1.54, 1.807) is 18.2 Å². The molecule has 1 aliphatic rings. The van der Waals surface area contributed by atoms with E-state index in [-0.39, 0.29) is 5.75 Å². The molecule has 0 bridgehead atoms. The van der Waals surface area contributed by atoms with E-state index in [2.05, 4.69) is 4.90 Å². The molecule has 0 saturated carbocycles. The molecule has 0 spiro atoms. The molecule has 0 amide bonds. The van der Waals surface area contributed by atoms with E-state index in [9.17, 15) is 9.50 Å². The number of hydrogen-bond acceptors (Lipinski definition) is 3. The molecule has 4 heteroatoms. The average Bonchev–Trinajstić information content (AvgIpc) is 2.33. The van der Waals surface area contributed by atoms with Gasteiger partial charge in [-0.05, 0) is 26.0 Å². The number of rotatable bonds is 2. The lowest BCUT2D eigenvalue weighted by molar-refractivity contribution is -0.0232. The minimum absolute atomic E-state index is 0.190. The zero-order chi connectivity index (χ0) is 12.5. The van der Waals surface area contributed by atoms with Gasteiger partial charge in [0.05, 0.1) is 12.7 Å². The Morgan fingerprint density at radius 1 is 1.35 bits per heavy atom. The quantitative estimate of drug-likeness (QED) is 0.853. The van der Waals surface area contributed by atoms with E-state index in [0.29, 0.717) is 18.4 Å². The van der Waals surface area contributed by atoms with Crippen molar-refractivity contribution < 1.29 is 14.2 Å². The van der Waals surface area contributed by atoms with Crippen LogP contribution in [0, 0.1) is 5.82 Å². The summed E-state index contributed by atoms with van der Waals surface area (Å²) < 4.78 is 19.0. The van der Waals surface area contributed by atoms with Crippen LogP contribution >= 0.6 is 0 Å². The van der Waals surface area contributed by atoms with Crippen molar-refractivity contribution in [2.75, 3.05) is 27.2 Å². The molecule has 2 rings (SSSR count). The van der Waals surface area contributed by atoms with E-state index in [1.165, 1.54) is 7.11 Å². The summed E-state index contributed by atoms with van der Waals surface area (Å²) in [7, 11) is 3.43. The van der Waals surface area contributed by atoms with Crippen LogP contribution in [0.2, 0.25) is 0 Å². The summed E-state index contributed by atoms with van der Waals surface area (Å²) in [5.41, 5.74) is -0.713. The first-order valence-electron chi connectivity index (χ1n) is 5.81. The van der Waals surface area contributed by atoms with Crippen LogP contribution in [0.3, 0.4) is 0 Å². The fourth-order valence-corrected chi connectivity index (χ4v) is 2.29. The maximum atomic E-state index is 14.1. The molecule has 1 aliphatic heterocycles. The molecule has 0 radical (unpaired) electrons. The first kappa shape index (κ1) is 12.3. The standard InChI is InChI=1S/C13H18FNO2/c1-15-8-6-13(16,7-9-15)10-4-3-5-11(17-2)12(10)14/h3-5,16H,6-9H2,1-2H3. The Labute approximate surface area is 101 Å². The molecule has 0 unspecified atom stereocenters.